The van der Waals surface area contributed by atoms with Crippen molar-refractivity contribution in [1.82, 2.24) is 9.97 Å². The standard InChI is InChI=1S/C25H18N2.4C2H6/c1-17-13-14-22(23-11-5-4-9-20(17)23)19-15-26-25(27-16-19)24-12-6-8-18-7-2-3-10-21(18)24;4*1-2/h2-16H,1H3;4*1-2H3. The Labute approximate surface area is 213 Å². The van der Waals surface area contributed by atoms with Gasteiger partial charge in [0.15, 0.2) is 5.82 Å². The molecule has 0 spiro atoms. The predicted octanol–water partition coefficient (Wildman–Crippen LogP) is 10.5. The second kappa shape index (κ2) is 16.2. The molecule has 1 heterocycles. The highest BCUT2D eigenvalue weighted by atomic mass is 14.9. The summed E-state index contributed by atoms with van der Waals surface area (Å²) < 4.78 is 0. The molecule has 5 rings (SSSR count). The van der Waals surface area contributed by atoms with Gasteiger partial charge in [0.05, 0.1) is 0 Å². The van der Waals surface area contributed by atoms with Gasteiger partial charge in [-0.25, -0.2) is 9.97 Å². The molecule has 0 amide bonds. The molecule has 5 aromatic rings. The number of fused-ring (bicyclic) bond motifs is 2. The van der Waals surface area contributed by atoms with Crippen LogP contribution >= 0.6 is 0 Å². The van der Waals surface area contributed by atoms with Crippen LogP contribution in [0.15, 0.2) is 91.3 Å². The molecular formula is C33H42N2. The number of benzene rings is 4. The molecule has 184 valence electrons. The summed E-state index contributed by atoms with van der Waals surface area (Å²) in [5.41, 5.74) is 4.55. The lowest BCUT2D eigenvalue weighted by molar-refractivity contribution is 1.18. The molecule has 0 unspecified atom stereocenters. The third-order valence-electron chi connectivity index (χ3n) is 5.14. The monoisotopic (exact) mass is 466 g/mol. The van der Waals surface area contributed by atoms with E-state index in [-0.39, 0.29) is 0 Å². The Morgan fingerprint density at radius 3 is 1.60 bits per heavy atom. The summed E-state index contributed by atoms with van der Waals surface area (Å²) >= 11 is 0. The third kappa shape index (κ3) is 6.99. The maximum absolute atomic E-state index is 4.69. The molecule has 0 aliphatic carbocycles. The van der Waals surface area contributed by atoms with E-state index in [1.165, 1.54) is 32.7 Å². The Kier molecular flexibility index (Phi) is 13.6. The van der Waals surface area contributed by atoms with Crippen LogP contribution in [-0.2, 0) is 0 Å². The molecular weight excluding hydrogens is 424 g/mol. The maximum Gasteiger partial charge on any atom is 0.159 e. The van der Waals surface area contributed by atoms with Crippen LogP contribution in [0.2, 0.25) is 0 Å². The van der Waals surface area contributed by atoms with Gasteiger partial charge in [-0.2, -0.15) is 0 Å². The lowest BCUT2D eigenvalue weighted by Crippen LogP contribution is -1.92. The summed E-state index contributed by atoms with van der Waals surface area (Å²) in [5.74, 6) is 0.756. The summed E-state index contributed by atoms with van der Waals surface area (Å²) in [7, 11) is 0. The van der Waals surface area contributed by atoms with Crippen molar-refractivity contribution < 1.29 is 0 Å². The minimum absolute atomic E-state index is 0.756. The normalized spacial score (nSPS) is 9.29. The summed E-state index contributed by atoms with van der Waals surface area (Å²) in [4.78, 5) is 9.39. The minimum atomic E-state index is 0.756. The molecule has 0 saturated carbocycles. The molecule has 2 nitrogen and oxygen atoms in total. The van der Waals surface area contributed by atoms with Gasteiger partial charge in [-0.3, -0.25) is 0 Å². The van der Waals surface area contributed by atoms with Gasteiger partial charge in [-0.05, 0) is 39.6 Å². The van der Waals surface area contributed by atoms with Crippen LogP contribution in [0.4, 0.5) is 0 Å². The van der Waals surface area contributed by atoms with Crippen LogP contribution < -0.4 is 0 Å². The van der Waals surface area contributed by atoms with Crippen LogP contribution in [0.3, 0.4) is 0 Å². The average Bonchev–Trinajstić information content (AvgIpc) is 2.97. The van der Waals surface area contributed by atoms with Crippen molar-refractivity contribution >= 4 is 21.5 Å². The van der Waals surface area contributed by atoms with E-state index in [2.05, 4.69) is 85.8 Å². The van der Waals surface area contributed by atoms with Crippen molar-refractivity contribution in [3.05, 3.63) is 96.8 Å². The number of aryl methyl sites for hydroxylation is 1. The first kappa shape index (κ1) is 29.5. The zero-order valence-corrected chi connectivity index (χ0v) is 23.1. The topological polar surface area (TPSA) is 25.8 Å². The van der Waals surface area contributed by atoms with Crippen molar-refractivity contribution in [2.45, 2.75) is 62.3 Å². The fourth-order valence-corrected chi connectivity index (χ4v) is 3.73. The lowest BCUT2D eigenvalue weighted by atomic mass is 9.97. The first-order valence-electron chi connectivity index (χ1n) is 13.1. The van der Waals surface area contributed by atoms with Crippen molar-refractivity contribution in [3.63, 3.8) is 0 Å². The first-order chi connectivity index (χ1) is 17.3. The highest BCUT2D eigenvalue weighted by molar-refractivity contribution is 5.98. The number of aromatic nitrogens is 2. The molecule has 0 atom stereocenters. The number of hydrogen-bond donors (Lipinski definition) is 0. The van der Waals surface area contributed by atoms with Gasteiger partial charge in [0.2, 0.25) is 0 Å². The quantitative estimate of drug-likeness (QED) is 0.258. The van der Waals surface area contributed by atoms with Crippen LogP contribution in [0.1, 0.15) is 61.0 Å². The SMILES string of the molecule is CC.CC.CC.CC.Cc1ccc(-c2cnc(-c3cccc4ccccc34)nc2)c2ccccc12. The fourth-order valence-electron chi connectivity index (χ4n) is 3.73. The molecule has 0 fully saturated rings. The fraction of sp³-hybridized carbons (Fsp3) is 0.273. The third-order valence-corrected chi connectivity index (χ3v) is 5.14. The zero-order chi connectivity index (χ0) is 26.2. The molecule has 4 aromatic carbocycles. The Morgan fingerprint density at radius 1 is 0.457 bits per heavy atom. The smallest absolute Gasteiger partial charge is 0.159 e. The van der Waals surface area contributed by atoms with Gasteiger partial charge in [-0.1, -0.05) is 134 Å². The zero-order valence-electron chi connectivity index (χ0n) is 23.1. The van der Waals surface area contributed by atoms with Crippen molar-refractivity contribution in [1.29, 1.82) is 0 Å². The number of hydrogen-bond acceptors (Lipinski definition) is 2. The number of rotatable bonds is 2. The van der Waals surface area contributed by atoms with Crippen LogP contribution in [0.25, 0.3) is 44.1 Å². The Bertz CT molecular complexity index is 1270. The van der Waals surface area contributed by atoms with E-state index in [9.17, 15) is 0 Å². The summed E-state index contributed by atoms with van der Waals surface area (Å²) in [6.07, 6.45) is 3.86. The molecule has 1 aromatic heterocycles. The van der Waals surface area contributed by atoms with E-state index in [1.54, 1.807) is 0 Å². The molecule has 0 bridgehead atoms. The molecule has 0 aliphatic heterocycles. The van der Waals surface area contributed by atoms with Crippen molar-refractivity contribution in [2.75, 3.05) is 0 Å². The van der Waals surface area contributed by atoms with Gasteiger partial charge in [0.1, 0.15) is 0 Å². The second-order valence-corrected chi connectivity index (χ2v) is 6.80. The Hall–Kier alpha value is -3.52. The molecule has 0 radical (unpaired) electrons. The highest BCUT2D eigenvalue weighted by Crippen LogP contribution is 2.31. The van der Waals surface area contributed by atoms with Crippen LogP contribution in [0, 0.1) is 6.92 Å². The maximum atomic E-state index is 4.69. The summed E-state index contributed by atoms with van der Waals surface area (Å²) in [6, 6.07) is 27.4. The van der Waals surface area contributed by atoms with E-state index in [1.807, 2.05) is 67.8 Å². The summed E-state index contributed by atoms with van der Waals surface area (Å²) in [6.45, 7) is 18.1. The highest BCUT2D eigenvalue weighted by Gasteiger charge is 2.09. The van der Waals surface area contributed by atoms with Crippen LogP contribution in [0.5, 0.6) is 0 Å². The van der Waals surface area contributed by atoms with Gasteiger partial charge in [0, 0.05) is 23.5 Å². The lowest BCUT2D eigenvalue weighted by Gasteiger charge is -2.10. The number of nitrogens with zero attached hydrogens (tertiary/aromatic N) is 2. The van der Waals surface area contributed by atoms with Gasteiger partial charge in [0.25, 0.3) is 0 Å². The average molecular weight is 467 g/mol. The molecule has 35 heavy (non-hydrogen) atoms. The molecule has 2 heteroatoms. The van der Waals surface area contributed by atoms with E-state index in [4.69, 9.17) is 9.97 Å². The Morgan fingerprint density at radius 2 is 0.971 bits per heavy atom. The van der Waals surface area contributed by atoms with Gasteiger partial charge in [-0.15, -0.1) is 0 Å². The molecule has 0 saturated heterocycles. The molecule has 0 aliphatic rings. The molecule has 0 N–H and O–H groups in total. The largest absolute Gasteiger partial charge is 0.236 e. The van der Waals surface area contributed by atoms with Gasteiger partial charge < -0.3 is 0 Å². The van der Waals surface area contributed by atoms with E-state index in [0.29, 0.717) is 0 Å². The van der Waals surface area contributed by atoms with E-state index in [0.717, 1.165) is 17.0 Å². The van der Waals surface area contributed by atoms with Crippen molar-refractivity contribution in [2.24, 2.45) is 0 Å². The first-order valence-corrected chi connectivity index (χ1v) is 13.1. The van der Waals surface area contributed by atoms with Crippen molar-refractivity contribution in [3.8, 4) is 22.5 Å². The van der Waals surface area contributed by atoms with Crippen LogP contribution in [-0.4, -0.2) is 9.97 Å². The Balaban J connectivity index is 0.000000699. The predicted molar refractivity (Wildman–Crippen MR) is 158 cm³/mol. The van der Waals surface area contributed by atoms with E-state index >= 15 is 0 Å². The second-order valence-electron chi connectivity index (χ2n) is 6.80. The van der Waals surface area contributed by atoms with E-state index < -0.39 is 0 Å². The van der Waals surface area contributed by atoms with Gasteiger partial charge >= 0.3 is 0 Å². The minimum Gasteiger partial charge on any atom is -0.236 e. The summed E-state index contributed by atoms with van der Waals surface area (Å²) in [5, 5.41) is 4.88.